The predicted octanol–water partition coefficient (Wildman–Crippen LogP) is 2.70. The van der Waals surface area contributed by atoms with Crippen LogP contribution in [0.1, 0.15) is 31.7 Å². The fourth-order valence-corrected chi connectivity index (χ4v) is 1.81. The average Bonchev–Trinajstić information content (AvgIpc) is 2.52. The zero-order chi connectivity index (χ0) is 15.3. The minimum atomic E-state index is -0.172. The van der Waals surface area contributed by atoms with Crippen molar-refractivity contribution in [1.82, 2.24) is 10.6 Å². The number of unbranched alkanes of at least 4 members (excludes halogenated alkanes) is 1. The Hall–Kier alpha value is -1.75. The second kappa shape index (κ2) is 11.0. The highest BCUT2D eigenvalue weighted by Crippen LogP contribution is 2.16. The summed E-state index contributed by atoms with van der Waals surface area (Å²) in [6.07, 6.45) is 3.06. The zero-order valence-electron chi connectivity index (χ0n) is 13.0. The van der Waals surface area contributed by atoms with Gasteiger partial charge in [0.2, 0.25) is 0 Å². The van der Waals surface area contributed by atoms with E-state index in [-0.39, 0.29) is 6.03 Å². The van der Waals surface area contributed by atoms with E-state index >= 15 is 0 Å². The molecule has 0 aliphatic heterocycles. The van der Waals surface area contributed by atoms with Crippen LogP contribution >= 0.6 is 0 Å². The van der Waals surface area contributed by atoms with Gasteiger partial charge in [-0.15, -0.1) is 0 Å². The van der Waals surface area contributed by atoms with Crippen molar-refractivity contribution in [2.24, 2.45) is 0 Å². The molecule has 2 N–H and O–H groups in total. The van der Waals surface area contributed by atoms with Crippen LogP contribution in [0.4, 0.5) is 4.79 Å². The summed E-state index contributed by atoms with van der Waals surface area (Å²) >= 11 is 0. The number of carbonyl (C=O) groups excluding carboxylic acids is 1. The van der Waals surface area contributed by atoms with Crippen LogP contribution in [0.25, 0.3) is 0 Å². The third-order valence-electron chi connectivity index (χ3n) is 3.03. The molecule has 5 heteroatoms. The molecule has 0 saturated carbocycles. The third kappa shape index (κ3) is 7.56. The van der Waals surface area contributed by atoms with Gasteiger partial charge in [-0.25, -0.2) is 4.79 Å². The highest BCUT2D eigenvalue weighted by molar-refractivity contribution is 5.73. The fourth-order valence-electron chi connectivity index (χ4n) is 1.81. The van der Waals surface area contributed by atoms with Gasteiger partial charge in [-0.2, -0.15) is 0 Å². The first kappa shape index (κ1) is 17.3. The molecule has 5 nitrogen and oxygen atoms in total. The van der Waals surface area contributed by atoms with Crippen molar-refractivity contribution >= 4 is 6.03 Å². The van der Waals surface area contributed by atoms with Gasteiger partial charge in [0.05, 0.1) is 7.11 Å². The molecule has 0 spiro atoms. The summed E-state index contributed by atoms with van der Waals surface area (Å²) < 4.78 is 10.7. The van der Waals surface area contributed by atoms with Crippen molar-refractivity contribution < 1.29 is 14.3 Å². The van der Waals surface area contributed by atoms with E-state index in [9.17, 15) is 4.79 Å². The van der Waals surface area contributed by atoms with Crippen LogP contribution in [0.2, 0.25) is 0 Å². The number of rotatable bonds is 10. The lowest BCUT2D eigenvalue weighted by Crippen LogP contribution is -2.35. The average molecular weight is 294 g/mol. The lowest BCUT2D eigenvalue weighted by molar-refractivity contribution is 0.129. The quantitative estimate of drug-likeness (QED) is 0.652. The Balaban J connectivity index is 2.11. The second-order valence-corrected chi connectivity index (χ2v) is 4.74. The first-order valence-electron chi connectivity index (χ1n) is 7.49. The molecule has 0 atom stereocenters. The maximum Gasteiger partial charge on any atom is 0.315 e. The van der Waals surface area contributed by atoms with Crippen LogP contribution in [-0.4, -0.2) is 32.9 Å². The first-order valence-corrected chi connectivity index (χ1v) is 7.49. The number of nitrogens with one attached hydrogen (secondary N) is 2. The molecule has 0 heterocycles. The van der Waals surface area contributed by atoms with E-state index in [1.54, 1.807) is 7.11 Å². The Morgan fingerprint density at radius 3 is 2.67 bits per heavy atom. The molecule has 0 radical (unpaired) electrons. The van der Waals surface area contributed by atoms with Gasteiger partial charge in [0, 0.05) is 31.9 Å². The number of hydrogen-bond donors (Lipinski definition) is 2. The summed E-state index contributed by atoms with van der Waals surface area (Å²) in [5.41, 5.74) is 0.957. The van der Waals surface area contributed by atoms with Crippen molar-refractivity contribution in [3.05, 3.63) is 29.8 Å². The molecule has 1 rings (SSSR count). The van der Waals surface area contributed by atoms with Crippen molar-refractivity contribution in [3.63, 3.8) is 0 Å². The number of hydrogen-bond acceptors (Lipinski definition) is 3. The summed E-state index contributed by atoms with van der Waals surface area (Å²) in [6, 6.07) is 7.46. The van der Waals surface area contributed by atoms with Crippen molar-refractivity contribution in [3.8, 4) is 5.75 Å². The van der Waals surface area contributed by atoms with Crippen LogP contribution in [0.3, 0.4) is 0 Å². The van der Waals surface area contributed by atoms with Gasteiger partial charge in [0.1, 0.15) is 5.75 Å². The van der Waals surface area contributed by atoms with Crippen LogP contribution in [0.15, 0.2) is 24.3 Å². The van der Waals surface area contributed by atoms with Crippen LogP contribution in [-0.2, 0) is 11.3 Å². The van der Waals surface area contributed by atoms with E-state index in [1.165, 1.54) is 0 Å². The minimum absolute atomic E-state index is 0.172. The Bertz CT molecular complexity index is 410. The van der Waals surface area contributed by atoms with Gasteiger partial charge in [0.25, 0.3) is 0 Å². The Morgan fingerprint density at radius 2 is 1.90 bits per heavy atom. The van der Waals surface area contributed by atoms with Gasteiger partial charge >= 0.3 is 6.03 Å². The summed E-state index contributed by atoms with van der Waals surface area (Å²) in [5.74, 6) is 0.780. The number of ether oxygens (including phenoxy) is 2. The van der Waals surface area contributed by atoms with Crippen molar-refractivity contribution in [2.75, 3.05) is 26.9 Å². The smallest absolute Gasteiger partial charge is 0.315 e. The van der Waals surface area contributed by atoms with Crippen LogP contribution in [0.5, 0.6) is 5.75 Å². The Morgan fingerprint density at radius 1 is 1.14 bits per heavy atom. The number of benzene rings is 1. The first-order chi connectivity index (χ1) is 10.3. The molecule has 118 valence electrons. The number of para-hydroxylation sites is 1. The van der Waals surface area contributed by atoms with E-state index in [2.05, 4.69) is 17.6 Å². The summed E-state index contributed by atoms with van der Waals surface area (Å²) in [7, 11) is 1.62. The van der Waals surface area contributed by atoms with Crippen LogP contribution in [0, 0.1) is 0 Å². The van der Waals surface area contributed by atoms with Crippen LogP contribution < -0.4 is 15.4 Å². The number of urea groups is 1. The Kier molecular flexibility index (Phi) is 9.04. The zero-order valence-corrected chi connectivity index (χ0v) is 13.0. The van der Waals surface area contributed by atoms with Crippen molar-refractivity contribution in [1.29, 1.82) is 0 Å². The molecule has 0 unspecified atom stereocenters. The van der Waals surface area contributed by atoms with Gasteiger partial charge in [-0.3, -0.25) is 0 Å². The molecule has 1 aromatic carbocycles. The van der Waals surface area contributed by atoms with E-state index in [0.717, 1.165) is 37.2 Å². The SMILES string of the molecule is CCCCOCCCNC(=O)NCc1ccccc1OC. The molecule has 0 aromatic heterocycles. The molecule has 0 aliphatic carbocycles. The molecule has 21 heavy (non-hydrogen) atoms. The van der Waals surface area contributed by atoms with Gasteiger partial charge in [-0.05, 0) is 18.9 Å². The van der Waals surface area contributed by atoms with E-state index in [0.29, 0.717) is 19.7 Å². The fraction of sp³-hybridized carbons (Fsp3) is 0.562. The number of amides is 2. The lowest BCUT2D eigenvalue weighted by atomic mass is 10.2. The highest BCUT2D eigenvalue weighted by Gasteiger charge is 2.04. The Labute approximate surface area is 127 Å². The third-order valence-corrected chi connectivity index (χ3v) is 3.03. The monoisotopic (exact) mass is 294 g/mol. The summed E-state index contributed by atoms with van der Waals surface area (Å²) in [4.78, 5) is 11.6. The molecule has 1 aromatic rings. The standard InChI is InChI=1S/C16H26N2O3/c1-3-4-11-21-12-7-10-17-16(19)18-13-14-8-5-6-9-15(14)20-2/h5-6,8-9H,3-4,7,10-13H2,1-2H3,(H2,17,18,19). The second-order valence-electron chi connectivity index (χ2n) is 4.74. The topological polar surface area (TPSA) is 59.6 Å². The molecule has 2 amide bonds. The van der Waals surface area contributed by atoms with E-state index in [1.807, 2.05) is 24.3 Å². The summed E-state index contributed by atoms with van der Waals surface area (Å²) in [5, 5.41) is 5.62. The molecular weight excluding hydrogens is 268 g/mol. The molecule has 0 fully saturated rings. The van der Waals surface area contributed by atoms with Gasteiger partial charge in [0.15, 0.2) is 0 Å². The molecule has 0 bridgehead atoms. The molecule has 0 aliphatic rings. The number of methoxy groups -OCH3 is 1. The maximum atomic E-state index is 11.6. The van der Waals surface area contributed by atoms with E-state index < -0.39 is 0 Å². The lowest BCUT2D eigenvalue weighted by Gasteiger charge is -2.10. The van der Waals surface area contributed by atoms with Gasteiger partial charge < -0.3 is 20.1 Å². The normalized spacial score (nSPS) is 10.2. The molecule has 0 saturated heterocycles. The minimum Gasteiger partial charge on any atom is -0.496 e. The summed E-state index contributed by atoms with van der Waals surface area (Å²) in [6.45, 7) is 4.69. The van der Waals surface area contributed by atoms with Crippen molar-refractivity contribution in [2.45, 2.75) is 32.7 Å². The van der Waals surface area contributed by atoms with E-state index in [4.69, 9.17) is 9.47 Å². The maximum absolute atomic E-state index is 11.6. The highest BCUT2D eigenvalue weighted by atomic mass is 16.5. The largest absolute Gasteiger partial charge is 0.496 e. The molecular formula is C16H26N2O3. The number of carbonyl (C=O) groups is 1. The van der Waals surface area contributed by atoms with Gasteiger partial charge in [-0.1, -0.05) is 31.5 Å². The predicted molar refractivity (Wildman–Crippen MR) is 83.6 cm³/mol.